The van der Waals surface area contributed by atoms with Gasteiger partial charge in [0, 0.05) is 0 Å². The van der Waals surface area contributed by atoms with Crippen LogP contribution < -0.4 is 0 Å². The van der Waals surface area contributed by atoms with E-state index in [1.54, 1.807) is 6.07 Å². The van der Waals surface area contributed by atoms with Gasteiger partial charge in [-0.05, 0) is 30.7 Å². The number of hydrogen-bond donors (Lipinski definition) is 1. The van der Waals surface area contributed by atoms with E-state index in [9.17, 15) is 14.0 Å². The number of thiocarbonyl (C=S) groups is 1. The van der Waals surface area contributed by atoms with E-state index in [1.807, 2.05) is 0 Å². The number of nitrogens with zero attached hydrogens (tertiary/aromatic N) is 1. The molecule has 4 nitrogen and oxygen atoms in total. The minimum atomic E-state index is -1.13. The number of aliphatic carboxylic acids is 1. The molecule has 0 radical (unpaired) electrons. The molecule has 1 amide bonds. The molecule has 1 atom stereocenters. The lowest BCUT2D eigenvalue weighted by molar-refractivity contribution is -0.144. The molecule has 1 unspecified atom stereocenters. The van der Waals surface area contributed by atoms with E-state index in [0.29, 0.717) is 5.56 Å². The number of carboxylic acids is 1. The summed E-state index contributed by atoms with van der Waals surface area (Å²) in [5.74, 6) is -2.01. The van der Waals surface area contributed by atoms with Gasteiger partial charge in [0.25, 0.3) is 5.91 Å². The molecule has 1 fully saturated rings. The summed E-state index contributed by atoms with van der Waals surface area (Å²) >= 11 is 6.03. The van der Waals surface area contributed by atoms with Gasteiger partial charge in [0.05, 0.1) is 4.91 Å². The molecule has 1 aromatic rings. The fourth-order valence-electron chi connectivity index (χ4n) is 1.67. The average molecular weight is 311 g/mol. The zero-order valence-corrected chi connectivity index (χ0v) is 12.0. The van der Waals surface area contributed by atoms with Crippen molar-refractivity contribution in [2.24, 2.45) is 0 Å². The van der Waals surface area contributed by atoms with Gasteiger partial charge < -0.3 is 5.11 Å². The zero-order chi connectivity index (χ0) is 14.9. The highest BCUT2D eigenvalue weighted by atomic mass is 32.2. The van der Waals surface area contributed by atoms with Crippen LogP contribution in [-0.2, 0) is 9.59 Å². The third-order valence-electron chi connectivity index (χ3n) is 2.71. The Morgan fingerprint density at radius 1 is 1.55 bits per heavy atom. The van der Waals surface area contributed by atoms with Crippen molar-refractivity contribution < 1.29 is 19.1 Å². The maximum Gasteiger partial charge on any atom is 0.326 e. The smallest absolute Gasteiger partial charge is 0.326 e. The predicted molar refractivity (Wildman–Crippen MR) is 78.5 cm³/mol. The minimum Gasteiger partial charge on any atom is -0.480 e. The van der Waals surface area contributed by atoms with E-state index >= 15 is 0 Å². The Bertz CT molecular complexity index is 630. The largest absolute Gasteiger partial charge is 0.480 e. The summed E-state index contributed by atoms with van der Waals surface area (Å²) in [6.07, 6.45) is 1.50. The lowest BCUT2D eigenvalue weighted by Gasteiger charge is -2.18. The lowest BCUT2D eigenvalue weighted by Crippen LogP contribution is -2.41. The second kappa shape index (κ2) is 5.72. The molecule has 0 bridgehead atoms. The molecular weight excluding hydrogens is 301 g/mol. The molecule has 7 heteroatoms. The van der Waals surface area contributed by atoms with Crippen molar-refractivity contribution in [1.82, 2.24) is 4.90 Å². The second-order valence-corrected chi connectivity index (χ2v) is 5.80. The standard InChI is InChI=1S/C13H10FNO3S2/c1-7(12(17)18)15-11(16)10(20-13(15)19)6-8-3-2-4-9(14)5-8/h2-7H,1H3,(H,17,18)/b10-6+. The van der Waals surface area contributed by atoms with Crippen LogP contribution in [0.3, 0.4) is 0 Å². The first-order valence-corrected chi connectivity index (χ1v) is 6.88. The van der Waals surface area contributed by atoms with Crippen LogP contribution in [0.25, 0.3) is 6.08 Å². The van der Waals surface area contributed by atoms with Crippen molar-refractivity contribution >= 4 is 46.3 Å². The molecule has 0 aromatic heterocycles. The summed E-state index contributed by atoms with van der Waals surface area (Å²) < 4.78 is 13.3. The van der Waals surface area contributed by atoms with Gasteiger partial charge >= 0.3 is 5.97 Å². The van der Waals surface area contributed by atoms with Crippen molar-refractivity contribution in [3.63, 3.8) is 0 Å². The third kappa shape index (κ3) is 2.88. The van der Waals surface area contributed by atoms with Crippen LogP contribution in [0.2, 0.25) is 0 Å². The van der Waals surface area contributed by atoms with Crippen LogP contribution in [0.4, 0.5) is 4.39 Å². The molecule has 2 rings (SSSR count). The molecule has 1 aliphatic rings. The van der Waals surface area contributed by atoms with Crippen molar-refractivity contribution in [2.75, 3.05) is 0 Å². The number of carbonyl (C=O) groups excluding carboxylic acids is 1. The summed E-state index contributed by atoms with van der Waals surface area (Å²) in [4.78, 5) is 24.4. The Kier molecular flexibility index (Phi) is 4.20. The Hall–Kier alpha value is -1.73. The van der Waals surface area contributed by atoms with Crippen molar-refractivity contribution in [1.29, 1.82) is 0 Å². The fraction of sp³-hybridized carbons (Fsp3) is 0.154. The highest BCUT2D eigenvalue weighted by molar-refractivity contribution is 8.26. The summed E-state index contributed by atoms with van der Waals surface area (Å²) in [7, 11) is 0. The highest BCUT2D eigenvalue weighted by Crippen LogP contribution is 2.33. The first kappa shape index (κ1) is 14.7. The average Bonchev–Trinajstić information content (AvgIpc) is 2.63. The van der Waals surface area contributed by atoms with Crippen LogP contribution in [0.1, 0.15) is 12.5 Å². The van der Waals surface area contributed by atoms with Crippen molar-refractivity contribution in [3.05, 3.63) is 40.6 Å². The molecule has 1 aromatic carbocycles. The summed E-state index contributed by atoms with van der Waals surface area (Å²) in [5, 5.41) is 8.96. The first-order valence-electron chi connectivity index (χ1n) is 5.65. The van der Waals surface area contributed by atoms with Crippen molar-refractivity contribution in [2.45, 2.75) is 13.0 Å². The molecule has 0 saturated carbocycles. The van der Waals surface area contributed by atoms with Crippen LogP contribution >= 0.6 is 24.0 Å². The number of amides is 1. The SMILES string of the molecule is CC(C(=O)O)N1C(=O)/C(=C\c2cccc(F)c2)SC1=S. The highest BCUT2D eigenvalue weighted by Gasteiger charge is 2.38. The topological polar surface area (TPSA) is 57.6 Å². The van der Waals surface area contributed by atoms with Gasteiger partial charge in [-0.15, -0.1) is 0 Å². The van der Waals surface area contributed by atoms with Crippen LogP contribution in [0.5, 0.6) is 0 Å². The molecular formula is C13H10FNO3S2. The monoisotopic (exact) mass is 311 g/mol. The number of thioether (sulfide) groups is 1. The maximum atomic E-state index is 13.1. The molecule has 104 valence electrons. The van der Waals surface area contributed by atoms with Crippen LogP contribution in [-0.4, -0.2) is 32.2 Å². The van der Waals surface area contributed by atoms with Gasteiger partial charge in [-0.1, -0.05) is 36.1 Å². The Labute approximate surface area is 124 Å². The number of carbonyl (C=O) groups is 2. The summed E-state index contributed by atoms with van der Waals surface area (Å²) in [5.41, 5.74) is 0.522. The zero-order valence-electron chi connectivity index (χ0n) is 10.4. The molecule has 1 heterocycles. The van der Waals surface area contributed by atoms with E-state index < -0.39 is 23.7 Å². The Morgan fingerprint density at radius 2 is 2.25 bits per heavy atom. The Balaban J connectivity index is 2.30. The first-order chi connectivity index (χ1) is 9.40. The maximum absolute atomic E-state index is 13.1. The van der Waals surface area contributed by atoms with E-state index in [-0.39, 0.29) is 9.23 Å². The number of carboxylic acid groups (broad SMARTS) is 1. The molecule has 1 N–H and O–H groups in total. The van der Waals surface area contributed by atoms with Crippen LogP contribution in [0.15, 0.2) is 29.2 Å². The van der Waals surface area contributed by atoms with E-state index in [2.05, 4.69) is 0 Å². The molecule has 1 aliphatic heterocycles. The normalized spacial score (nSPS) is 18.7. The molecule has 20 heavy (non-hydrogen) atoms. The quantitative estimate of drug-likeness (QED) is 0.686. The summed E-state index contributed by atoms with van der Waals surface area (Å²) in [6, 6.07) is 4.74. The predicted octanol–water partition coefficient (Wildman–Crippen LogP) is 2.50. The fourth-order valence-corrected chi connectivity index (χ4v) is 3.09. The van der Waals surface area contributed by atoms with Gasteiger partial charge in [0.1, 0.15) is 16.2 Å². The van der Waals surface area contributed by atoms with E-state index in [1.165, 1.54) is 31.2 Å². The van der Waals surface area contributed by atoms with Gasteiger partial charge in [0.2, 0.25) is 0 Å². The number of halogens is 1. The molecule has 1 saturated heterocycles. The third-order valence-corrected chi connectivity index (χ3v) is 4.05. The van der Waals surface area contributed by atoms with Gasteiger partial charge in [0.15, 0.2) is 0 Å². The van der Waals surface area contributed by atoms with Gasteiger partial charge in [-0.2, -0.15) is 0 Å². The molecule has 0 spiro atoms. The number of hydrogen-bond acceptors (Lipinski definition) is 4. The molecule has 0 aliphatic carbocycles. The second-order valence-electron chi connectivity index (χ2n) is 4.12. The number of rotatable bonds is 3. The van der Waals surface area contributed by atoms with Crippen molar-refractivity contribution in [3.8, 4) is 0 Å². The van der Waals surface area contributed by atoms with E-state index in [4.69, 9.17) is 17.3 Å². The van der Waals surface area contributed by atoms with Crippen LogP contribution in [0, 0.1) is 5.82 Å². The van der Waals surface area contributed by atoms with E-state index in [0.717, 1.165) is 16.7 Å². The van der Waals surface area contributed by atoms with Gasteiger partial charge in [-0.3, -0.25) is 9.69 Å². The van der Waals surface area contributed by atoms with Gasteiger partial charge in [-0.25, -0.2) is 9.18 Å². The Morgan fingerprint density at radius 3 is 2.85 bits per heavy atom. The minimum absolute atomic E-state index is 0.188. The lowest BCUT2D eigenvalue weighted by atomic mass is 10.2. The number of benzene rings is 1. The summed E-state index contributed by atoms with van der Waals surface area (Å²) in [6.45, 7) is 1.39.